The van der Waals surface area contributed by atoms with E-state index in [4.69, 9.17) is 4.74 Å². The van der Waals surface area contributed by atoms with Gasteiger partial charge in [0, 0.05) is 27.1 Å². The molecule has 3 amide bonds. The number of carbonyl (C=O) groups excluding carboxylic acids is 2. The van der Waals surface area contributed by atoms with Gasteiger partial charge < -0.3 is 9.64 Å². The minimum Gasteiger partial charge on any atom is -0.364 e. The Morgan fingerprint density at radius 3 is 2.07 bits per heavy atom. The number of ether oxygens (including phenoxy) is 1. The molecular weight excluding hydrogens is 184 g/mol. The summed E-state index contributed by atoms with van der Waals surface area (Å²) < 4.78 is 4.86. The minimum atomic E-state index is -0.302. The second kappa shape index (κ2) is 6.37. The van der Waals surface area contributed by atoms with Gasteiger partial charge in [0.2, 0.25) is 5.91 Å². The van der Waals surface area contributed by atoms with Crippen molar-refractivity contribution >= 4 is 11.9 Å². The first kappa shape index (κ1) is 12.9. The van der Waals surface area contributed by atoms with E-state index in [1.807, 2.05) is 6.92 Å². The summed E-state index contributed by atoms with van der Waals surface area (Å²) in [7, 11) is 1.51. The average Bonchev–Trinajstić information content (AvgIpc) is 2.14. The molecule has 0 aromatic rings. The number of nitrogens with zero attached hydrogens (tertiary/aromatic N) is 2. The fraction of sp³-hybridized carbons (Fsp3) is 0.778. The van der Waals surface area contributed by atoms with Gasteiger partial charge in [0.15, 0.2) is 0 Å². The minimum absolute atomic E-state index is 0.207. The number of hydrogen-bond donors (Lipinski definition) is 0. The van der Waals surface area contributed by atoms with Crippen LogP contribution in [-0.2, 0) is 9.53 Å². The van der Waals surface area contributed by atoms with Crippen LogP contribution in [0.5, 0.6) is 0 Å². The zero-order valence-electron chi connectivity index (χ0n) is 9.24. The summed E-state index contributed by atoms with van der Waals surface area (Å²) in [6.45, 7) is 6.09. The number of hydrogen-bond acceptors (Lipinski definition) is 3. The van der Waals surface area contributed by atoms with Crippen LogP contribution in [0.15, 0.2) is 0 Å². The van der Waals surface area contributed by atoms with Gasteiger partial charge in [-0.1, -0.05) is 0 Å². The zero-order chi connectivity index (χ0) is 11.1. The number of imide groups is 1. The number of urea groups is 1. The predicted molar refractivity (Wildman–Crippen MR) is 52.7 cm³/mol. The van der Waals surface area contributed by atoms with Crippen molar-refractivity contribution in [2.24, 2.45) is 0 Å². The summed E-state index contributed by atoms with van der Waals surface area (Å²) in [6.07, 6.45) is 0. The van der Waals surface area contributed by atoms with Crippen molar-refractivity contribution in [2.75, 3.05) is 26.9 Å². The summed E-state index contributed by atoms with van der Waals surface area (Å²) in [5.74, 6) is -0.243. The highest BCUT2D eigenvalue weighted by atomic mass is 16.5. The molecule has 0 spiro atoms. The Morgan fingerprint density at radius 1 is 1.21 bits per heavy atom. The molecular formula is C9H18N2O3. The van der Waals surface area contributed by atoms with E-state index < -0.39 is 0 Å². The smallest absolute Gasteiger partial charge is 0.328 e. The van der Waals surface area contributed by atoms with Gasteiger partial charge in [-0.05, 0) is 13.8 Å². The zero-order valence-corrected chi connectivity index (χ0v) is 9.24. The van der Waals surface area contributed by atoms with Crippen molar-refractivity contribution in [1.82, 2.24) is 9.80 Å². The summed E-state index contributed by atoms with van der Waals surface area (Å²) in [4.78, 5) is 25.4. The van der Waals surface area contributed by atoms with Crippen LogP contribution in [0.2, 0.25) is 0 Å². The lowest BCUT2D eigenvalue weighted by molar-refractivity contribution is -0.126. The van der Waals surface area contributed by atoms with Crippen LogP contribution < -0.4 is 0 Å². The Balaban J connectivity index is 4.45. The van der Waals surface area contributed by atoms with Crippen LogP contribution in [0.4, 0.5) is 4.79 Å². The molecule has 0 aliphatic rings. The summed E-state index contributed by atoms with van der Waals surface area (Å²) in [5.41, 5.74) is 0. The van der Waals surface area contributed by atoms with Gasteiger partial charge in [0.1, 0.15) is 6.73 Å². The van der Waals surface area contributed by atoms with Gasteiger partial charge in [-0.3, -0.25) is 9.69 Å². The molecule has 0 saturated heterocycles. The first-order chi connectivity index (χ1) is 6.58. The summed E-state index contributed by atoms with van der Waals surface area (Å²) >= 11 is 0. The van der Waals surface area contributed by atoms with E-state index in [1.165, 1.54) is 23.8 Å². The predicted octanol–water partition coefficient (Wildman–Crippen LogP) is 0.901. The van der Waals surface area contributed by atoms with Gasteiger partial charge in [-0.2, -0.15) is 0 Å². The molecule has 0 heterocycles. The fourth-order valence-electron chi connectivity index (χ4n) is 1.10. The first-order valence-corrected chi connectivity index (χ1v) is 4.64. The fourth-order valence-corrected chi connectivity index (χ4v) is 1.10. The molecule has 5 nitrogen and oxygen atoms in total. The number of rotatable bonds is 4. The molecule has 0 N–H and O–H groups in total. The Bertz CT molecular complexity index is 206. The second-order valence-electron chi connectivity index (χ2n) is 2.82. The van der Waals surface area contributed by atoms with E-state index in [9.17, 15) is 9.59 Å². The van der Waals surface area contributed by atoms with E-state index in [2.05, 4.69) is 0 Å². The first-order valence-electron chi connectivity index (χ1n) is 4.64. The molecule has 0 bridgehead atoms. The molecule has 14 heavy (non-hydrogen) atoms. The topological polar surface area (TPSA) is 49.9 Å². The van der Waals surface area contributed by atoms with E-state index in [1.54, 1.807) is 6.92 Å². The van der Waals surface area contributed by atoms with Crippen molar-refractivity contribution in [3.63, 3.8) is 0 Å². The molecule has 82 valence electrons. The highest BCUT2D eigenvalue weighted by Gasteiger charge is 2.20. The monoisotopic (exact) mass is 202 g/mol. The normalized spacial score (nSPS) is 9.71. The van der Waals surface area contributed by atoms with Crippen LogP contribution in [0, 0.1) is 0 Å². The molecule has 0 saturated carbocycles. The molecule has 0 rings (SSSR count). The molecule has 0 radical (unpaired) electrons. The molecule has 0 unspecified atom stereocenters. The lowest BCUT2D eigenvalue weighted by Crippen LogP contribution is -2.45. The molecule has 0 aliphatic carbocycles. The van der Waals surface area contributed by atoms with Gasteiger partial charge >= 0.3 is 6.03 Å². The SMILES string of the molecule is CCN(COC)C(=O)N(CC)C(C)=O. The summed E-state index contributed by atoms with van der Waals surface area (Å²) in [5, 5.41) is 0. The maximum Gasteiger partial charge on any atom is 0.328 e. The summed E-state index contributed by atoms with van der Waals surface area (Å²) in [6, 6.07) is -0.302. The van der Waals surface area contributed by atoms with Crippen LogP contribution in [0.25, 0.3) is 0 Å². The standard InChI is InChI=1S/C9H18N2O3/c1-5-10(7-14-4)9(13)11(6-2)8(3)12/h5-7H2,1-4H3. The van der Waals surface area contributed by atoms with Crippen LogP contribution in [-0.4, -0.2) is 48.7 Å². The molecule has 0 atom stereocenters. The molecule has 0 aromatic carbocycles. The average molecular weight is 202 g/mol. The Labute approximate surface area is 84.6 Å². The van der Waals surface area contributed by atoms with E-state index in [0.29, 0.717) is 13.1 Å². The maximum atomic E-state index is 11.7. The molecule has 0 fully saturated rings. The van der Waals surface area contributed by atoms with E-state index in [0.717, 1.165) is 0 Å². The molecule has 0 aromatic heterocycles. The Hall–Kier alpha value is -1.10. The van der Waals surface area contributed by atoms with Gasteiger partial charge in [-0.15, -0.1) is 0 Å². The van der Waals surface area contributed by atoms with Gasteiger partial charge in [-0.25, -0.2) is 4.79 Å². The van der Waals surface area contributed by atoms with Crippen LogP contribution >= 0.6 is 0 Å². The highest BCUT2D eigenvalue weighted by molar-refractivity contribution is 5.93. The number of carbonyl (C=O) groups is 2. The van der Waals surface area contributed by atoms with Crippen molar-refractivity contribution in [3.8, 4) is 0 Å². The lowest BCUT2D eigenvalue weighted by Gasteiger charge is -2.26. The van der Waals surface area contributed by atoms with Crippen LogP contribution in [0.3, 0.4) is 0 Å². The Kier molecular flexibility index (Phi) is 5.87. The van der Waals surface area contributed by atoms with E-state index in [-0.39, 0.29) is 18.7 Å². The van der Waals surface area contributed by atoms with Crippen molar-refractivity contribution in [3.05, 3.63) is 0 Å². The van der Waals surface area contributed by atoms with Crippen molar-refractivity contribution < 1.29 is 14.3 Å². The molecule has 0 aliphatic heterocycles. The van der Waals surface area contributed by atoms with Gasteiger partial charge in [0.25, 0.3) is 0 Å². The second-order valence-corrected chi connectivity index (χ2v) is 2.82. The number of methoxy groups -OCH3 is 1. The lowest BCUT2D eigenvalue weighted by atomic mass is 10.5. The largest absolute Gasteiger partial charge is 0.364 e. The van der Waals surface area contributed by atoms with E-state index >= 15 is 0 Å². The quantitative estimate of drug-likeness (QED) is 0.636. The third-order valence-electron chi connectivity index (χ3n) is 1.86. The highest BCUT2D eigenvalue weighted by Crippen LogP contribution is 1.99. The van der Waals surface area contributed by atoms with Crippen molar-refractivity contribution in [1.29, 1.82) is 0 Å². The third-order valence-corrected chi connectivity index (χ3v) is 1.86. The van der Waals surface area contributed by atoms with Gasteiger partial charge in [0.05, 0.1) is 0 Å². The van der Waals surface area contributed by atoms with Crippen molar-refractivity contribution in [2.45, 2.75) is 20.8 Å². The van der Waals surface area contributed by atoms with Crippen LogP contribution in [0.1, 0.15) is 20.8 Å². The number of amides is 3. The Morgan fingerprint density at radius 2 is 1.79 bits per heavy atom. The maximum absolute atomic E-state index is 11.7. The third kappa shape index (κ3) is 3.33. The molecule has 5 heteroatoms.